The maximum absolute atomic E-state index is 12.5. The molecule has 1 N–H and O–H groups in total. The molecule has 0 aliphatic heterocycles. The number of aliphatic hydroxyl groups is 1. The van der Waals surface area contributed by atoms with Crippen LogP contribution in [-0.4, -0.2) is 40.6 Å². The largest absolute Gasteiger partial charge is 0.396 e. The Morgan fingerprint density at radius 1 is 1.50 bits per heavy atom. The number of aryl methyl sites for hydroxylation is 1. The minimum Gasteiger partial charge on any atom is -0.396 e. The van der Waals surface area contributed by atoms with Crippen LogP contribution in [0.4, 0.5) is 0 Å². The van der Waals surface area contributed by atoms with E-state index in [1.54, 1.807) is 16.2 Å². The molecule has 2 aromatic rings. The monoisotopic (exact) mass is 310 g/mol. The Kier molecular flexibility index (Phi) is 5.28. The van der Waals surface area contributed by atoms with Crippen molar-refractivity contribution in [3.05, 3.63) is 28.1 Å². The smallest absolute Gasteiger partial charge is 0.265 e. The van der Waals surface area contributed by atoms with Gasteiger partial charge in [-0.1, -0.05) is 6.07 Å². The second-order valence-corrected chi connectivity index (χ2v) is 6.32. The van der Waals surface area contributed by atoms with Gasteiger partial charge in [0.05, 0.1) is 10.6 Å². The van der Waals surface area contributed by atoms with Crippen molar-refractivity contribution in [3.8, 4) is 9.88 Å². The van der Waals surface area contributed by atoms with Crippen LogP contribution in [0, 0.1) is 6.92 Å². The van der Waals surface area contributed by atoms with E-state index < -0.39 is 0 Å². The Labute approximate surface area is 126 Å². The van der Waals surface area contributed by atoms with Gasteiger partial charge in [-0.3, -0.25) is 4.79 Å². The molecule has 4 nitrogen and oxygen atoms in total. The van der Waals surface area contributed by atoms with E-state index in [4.69, 9.17) is 5.11 Å². The number of rotatable bonds is 6. The predicted octanol–water partition coefficient (Wildman–Crippen LogP) is 3.02. The SMILES string of the molecule is CCN(CCCO)C(=O)c1sc(-c2cccs2)nc1C. The molecule has 20 heavy (non-hydrogen) atoms. The van der Waals surface area contributed by atoms with Crippen molar-refractivity contribution in [1.29, 1.82) is 0 Å². The molecule has 0 radical (unpaired) electrons. The minimum atomic E-state index is 0.0127. The molecule has 0 atom stereocenters. The van der Waals surface area contributed by atoms with Crippen LogP contribution in [0.2, 0.25) is 0 Å². The summed E-state index contributed by atoms with van der Waals surface area (Å²) in [6.45, 7) is 5.15. The number of aromatic nitrogens is 1. The van der Waals surface area contributed by atoms with E-state index in [0.717, 1.165) is 15.6 Å². The third-order valence-electron chi connectivity index (χ3n) is 2.98. The van der Waals surface area contributed by atoms with Gasteiger partial charge in [-0.05, 0) is 31.7 Å². The van der Waals surface area contributed by atoms with Crippen molar-refractivity contribution in [2.24, 2.45) is 0 Å². The zero-order chi connectivity index (χ0) is 14.5. The third kappa shape index (κ3) is 3.26. The molecule has 0 aromatic carbocycles. The van der Waals surface area contributed by atoms with Gasteiger partial charge in [0.15, 0.2) is 0 Å². The van der Waals surface area contributed by atoms with Crippen molar-refractivity contribution < 1.29 is 9.90 Å². The zero-order valence-electron chi connectivity index (χ0n) is 11.6. The minimum absolute atomic E-state index is 0.0127. The van der Waals surface area contributed by atoms with Gasteiger partial charge >= 0.3 is 0 Å². The number of hydrogen-bond acceptors (Lipinski definition) is 5. The summed E-state index contributed by atoms with van der Waals surface area (Å²) in [6, 6.07) is 4.00. The lowest BCUT2D eigenvalue weighted by molar-refractivity contribution is 0.0758. The van der Waals surface area contributed by atoms with Crippen LogP contribution >= 0.6 is 22.7 Å². The Balaban J connectivity index is 2.21. The third-order valence-corrected chi connectivity index (χ3v) is 5.16. The molecule has 0 spiro atoms. The summed E-state index contributed by atoms with van der Waals surface area (Å²) in [7, 11) is 0. The highest BCUT2D eigenvalue weighted by Gasteiger charge is 2.20. The van der Waals surface area contributed by atoms with Gasteiger partial charge in [0.1, 0.15) is 9.88 Å². The summed E-state index contributed by atoms with van der Waals surface area (Å²) in [4.78, 5) is 20.6. The molecule has 0 aliphatic carbocycles. The molecule has 2 rings (SSSR count). The van der Waals surface area contributed by atoms with Crippen LogP contribution < -0.4 is 0 Å². The van der Waals surface area contributed by atoms with E-state index in [-0.39, 0.29) is 12.5 Å². The number of nitrogens with zero attached hydrogens (tertiary/aromatic N) is 2. The Bertz CT molecular complexity index is 564. The normalized spacial score (nSPS) is 10.8. The average Bonchev–Trinajstić information content (AvgIpc) is 3.08. The van der Waals surface area contributed by atoms with Gasteiger partial charge in [0, 0.05) is 19.7 Å². The van der Waals surface area contributed by atoms with Crippen molar-refractivity contribution in [2.45, 2.75) is 20.3 Å². The topological polar surface area (TPSA) is 53.4 Å². The highest BCUT2D eigenvalue weighted by Crippen LogP contribution is 2.31. The lowest BCUT2D eigenvalue weighted by Gasteiger charge is -2.19. The molecule has 2 heterocycles. The summed E-state index contributed by atoms with van der Waals surface area (Å²) in [6.07, 6.45) is 0.606. The first-order chi connectivity index (χ1) is 9.67. The number of aliphatic hydroxyl groups excluding tert-OH is 1. The standard InChI is InChI=1S/C14H18N2O2S2/c1-3-16(7-5-8-17)14(18)12-10(2)15-13(20-12)11-6-4-9-19-11/h4,6,9,17H,3,5,7-8H2,1-2H3. The lowest BCUT2D eigenvalue weighted by Crippen LogP contribution is -2.32. The number of thiazole rings is 1. The van der Waals surface area contributed by atoms with Gasteiger partial charge in [-0.2, -0.15) is 0 Å². The Hall–Kier alpha value is -1.24. The molecule has 2 aromatic heterocycles. The molecule has 1 amide bonds. The summed E-state index contributed by atoms with van der Waals surface area (Å²) in [5, 5.41) is 11.8. The summed E-state index contributed by atoms with van der Waals surface area (Å²) in [5.74, 6) is 0.0127. The predicted molar refractivity (Wildman–Crippen MR) is 83.4 cm³/mol. The van der Waals surface area contributed by atoms with Gasteiger partial charge in [-0.15, -0.1) is 22.7 Å². The van der Waals surface area contributed by atoms with Crippen LogP contribution in [0.5, 0.6) is 0 Å². The highest BCUT2D eigenvalue weighted by molar-refractivity contribution is 7.22. The van der Waals surface area contributed by atoms with Crippen LogP contribution in [0.25, 0.3) is 9.88 Å². The first-order valence-electron chi connectivity index (χ1n) is 6.58. The van der Waals surface area contributed by atoms with Crippen LogP contribution in [-0.2, 0) is 0 Å². The van der Waals surface area contributed by atoms with Crippen LogP contribution in [0.3, 0.4) is 0 Å². The molecule has 0 bridgehead atoms. The summed E-state index contributed by atoms with van der Waals surface area (Å²) in [5.41, 5.74) is 0.783. The first kappa shape index (κ1) is 15.2. The maximum Gasteiger partial charge on any atom is 0.265 e. The highest BCUT2D eigenvalue weighted by atomic mass is 32.1. The maximum atomic E-state index is 12.5. The van der Waals surface area contributed by atoms with Crippen molar-refractivity contribution >= 4 is 28.6 Å². The fraction of sp³-hybridized carbons (Fsp3) is 0.429. The number of carbonyl (C=O) groups excluding carboxylic acids is 1. The fourth-order valence-corrected chi connectivity index (χ4v) is 3.74. The fourth-order valence-electron chi connectivity index (χ4n) is 1.91. The average molecular weight is 310 g/mol. The van der Waals surface area contributed by atoms with E-state index in [9.17, 15) is 4.79 Å². The van der Waals surface area contributed by atoms with Crippen molar-refractivity contribution in [3.63, 3.8) is 0 Å². The first-order valence-corrected chi connectivity index (χ1v) is 8.28. The number of carbonyl (C=O) groups is 1. The lowest BCUT2D eigenvalue weighted by atomic mass is 10.3. The van der Waals surface area contributed by atoms with Gasteiger partial charge < -0.3 is 10.0 Å². The van der Waals surface area contributed by atoms with Gasteiger partial charge in [0.25, 0.3) is 5.91 Å². The quantitative estimate of drug-likeness (QED) is 0.892. The van der Waals surface area contributed by atoms with E-state index >= 15 is 0 Å². The second kappa shape index (κ2) is 6.97. The number of hydrogen-bond donors (Lipinski definition) is 1. The molecule has 0 unspecified atom stereocenters. The zero-order valence-corrected chi connectivity index (χ0v) is 13.3. The molecule has 0 aliphatic rings. The molecule has 0 saturated carbocycles. The van der Waals surface area contributed by atoms with E-state index in [0.29, 0.717) is 24.4 Å². The summed E-state index contributed by atoms with van der Waals surface area (Å²) < 4.78 is 0. The summed E-state index contributed by atoms with van der Waals surface area (Å²) >= 11 is 3.08. The van der Waals surface area contributed by atoms with Crippen LogP contribution in [0.15, 0.2) is 17.5 Å². The Morgan fingerprint density at radius 3 is 2.90 bits per heavy atom. The Morgan fingerprint density at radius 2 is 2.30 bits per heavy atom. The molecule has 0 saturated heterocycles. The van der Waals surface area contributed by atoms with E-state index in [1.807, 2.05) is 31.4 Å². The number of amides is 1. The van der Waals surface area contributed by atoms with E-state index in [2.05, 4.69) is 4.98 Å². The van der Waals surface area contributed by atoms with Crippen molar-refractivity contribution in [1.82, 2.24) is 9.88 Å². The second-order valence-electron chi connectivity index (χ2n) is 4.37. The van der Waals surface area contributed by atoms with Gasteiger partial charge in [-0.25, -0.2) is 4.98 Å². The molecular formula is C14H18N2O2S2. The van der Waals surface area contributed by atoms with E-state index in [1.165, 1.54) is 11.3 Å². The molecule has 0 fully saturated rings. The van der Waals surface area contributed by atoms with Crippen LogP contribution in [0.1, 0.15) is 28.7 Å². The molecule has 108 valence electrons. The number of thiophene rings is 1. The molecule has 6 heteroatoms. The van der Waals surface area contributed by atoms with Gasteiger partial charge in [0.2, 0.25) is 0 Å². The van der Waals surface area contributed by atoms with Crippen molar-refractivity contribution in [2.75, 3.05) is 19.7 Å². The molecular weight excluding hydrogens is 292 g/mol.